The maximum Gasteiger partial charge on any atom is 0.0131 e. The summed E-state index contributed by atoms with van der Waals surface area (Å²) in [7, 11) is 4.74. The van der Waals surface area contributed by atoms with Crippen molar-refractivity contribution in [3.8, 4) is 0 Å². The van der Waals surface area contributed by atoms with Crippen molar-refractivity contribution in [1.82, 2.24) is 4.90 Å². The van der Waals surface area contributed by atoms with E-state index in [-0.39, 0.29) is 0 Å². The SMILES string of the molecule is CN(C)[C@@H]1C[C@]2(C)CCC[C@H]2[C@@H]2CC[C@H]3CCCC[C@]3(C)[C@H]21. The number of fused-ring (bicyclic) bond motifs is 5. The van der Waals surface area contributed by atoms with Gasteiger partial charge in [0.2, 0.25) is 0 Å². The van der Waals surface area contributed by atoms with Crippen molar-refractivity contribution in [3.63, 3.8) is 0 Å². The summed E-state index contributed by atoms with van der Waals surface area (Å²) in [4.78, 5) is 2.62. The molecule has 22 heavy (non-hydrogen) atoms. The first-order valence-electron chi connectivity index (χ1n) is 10.1. The van der Waals surface area contributed by atoms with Crippen LogP contribution in [0.2, 0.25) is 0 Å². The molecular weight excluding hydrogens is 266 g/mol. The van der Waals surface area contributed by atoms with Gasteiger partial charge in [0.1, 0.15) is 0 Å². The van der Waals surface area contributed by atoms with Crippen molar-refractivity contribution < 1.29 is 0 Å². The highest BCUT2D eigenvalue weighted by atomic mass is 15.1. The van der Waals surface area contributed by atoms with Crippen molar-refractivity contribution in [2.24, 2.45) is 34.5 Å². The van der Waals surface area contributed by atoms with Gasteiger partial charge in [-0.3, -0.25) is 0 Å². The maximum atomic E-state index is 2.71. The van der Waals surface area contributed by atoms with E-state index in [0.29, 0.717) is 10.8 Å². The molecule has 0 bridgehead atoms. The van der Waals surface area contributed by atoms with Gasteiger partial charge >= 0.3 is 0 Å². The van der Waals surface area contributed by atoms with Crippen LogP contribution in [0.3, 0.4) is 0 Å². The smallest absolute Gasteiger partial charge is 0.0131 e. The van der Waals surface area contributed by atoms with E-state index < -0.39 is 0 Å². The molecule has 0 aromatic rings. The van der Waals surface area contributed by atoms with Crippen LogP contribution in [0.4, 0.5) is 0 Å². The maximum absolute atomic E-state index is 2.71. The van der Waals surface area contributed by atoms with E-state index >= 15 is 0 Å². The van der Waals surface area contributed by atoms with E-state index in [9.17, 15) is 0 Å². The Morgan fingerprint density at radius 3 is 2.45 bits per heavy atom. The van der Waals surface area contributed by atoms with Gasteiger partial charge in [-0.1, -0.05) is 33.1 Å². The highest BCUT2D eigenvalue weighted by Gasteiger charge is 2.60. The van der Waals surface area contributed by atoms with Crippen LogP contribution in [0.1, 0.15) is 78.1 Å². The van der Waals surface area contributed by atoms with Gasteiger partial charge < -0.3 is 4.90 Å². The highest BCUT2D eigenvalue weighted by molar-refractivity contribution is 5.11. The average Bonchev–Trinajstić information content (AvgIpc) is 2.87. The second-order valence-corrected chi connectivity index (χ2v) is 10.1. The van der Waals surface area contributed by atoms with E-state index in [1.165, 1.54) is 44.9 Å². The van der Waals surface area contributed by atoms with E-state index in [1.807, 2.05) is 0 Å². The molecule has 7 atom stereocenters. The molecule has 4 fully saturated rings. The lowest BCUT2D eigenvalue weighted by molar-refractivity contribution is -0.138. The second kappa shape index (κ2) is 5.23. The number of hydrogen-bond donors (Lipinski definition) is 0. The van der Waals surface area contributed by atoms with Gasteiger partial charge in [0.25, 0.3) is 0 Å². The van der Waals surface area contributed by atoms with Gasteiger partial charge in [0, 0.05) is 6.04 Å². The van der Waals surface area contributed by atoms with Crippen molar-refractivity contribution in [2.45, 2.75) is 84.1 Å². The van der Waals surface area contributed by atoms with Crippen LogP contribution in [0.25, 0.3) is 0 Å². The van der Waals surface area contributed by atoms with Gasteiger partial charge in [-0.05, 0) is 93.5 Å². The Balaban J connectivity index is 1.73. The monoisotopic (exact) mass is 303 g/mol. The summed E-state index contributed by atoms with van der Waals surface area (Å²) < 4.78 is 0. The van der Waals surface area contributed by atoms with Crippen LogP contribution in [0.5, 0.6) is 0 Å². The molecular formula is C21H37N. The minimum Gasteiger partial charge on any atom is -0.306 e. The lowest BCUT2D eigenvalue weighted by atomic mass is 9.44. The minimum absolute atomic E-state index is 0.653. The molecule has 0 unspecified atom stereocenters. The van der Waals surface area contributed by atoms with Crippen molar-refractivity contribution in [1.29, 1.82) is 0 Å². The highest BCUT2D eigenvalue weighted by Crippen LogP contribution is 2.66. The van der Waals surface area contributed by atoms with E-state index in [0.717, 1.165) is 29.7 Å². The van der Waals surface area contributed by atoms with Crippen LogP contribution in [-0.4, -0.2) is 25.0 Å². The molecule has 1 heteroatoms. The predicted octanol–water partition coefficient (Wildman–Crippen LogP) is 5.35. The third kappa shape index (κ3) is 2.06. The van der Waals surface area contributed by atoms with Crippen LogP contribution in [-0.2, 0) is 0 Å². The average molecular weight is 304 g/mol. The molecule has 0 amide bonds. The van der Waals surface area contributed by atoms with Crippen molar-refractivity contribution in [2.75, 3.05) is 14.1 Å². The third-order valence-electron chi connectivity index (χ3n) is 8.95. The topological polar surface area (TPSA) is 3.24 Å². The minimum atomic E-state index is 0.653. The summed E-state index contributed by atoms with van der Waals surface area (Å²) in [6.45, 7) is 5.36. The summed E-state index contributed by atoms with van der Waals surface area (Å²) in [5, 5.41) is 0. The second-order valence-electron chi connectivity index (χ2n) is 10.1. The van der Waals surface area contributed by atoms with Crippen LogP contribution < -0.4 is 0 Å². The molecule has 0 aromatic heterocycles. The summed E-state index contributed by atoms with van der Waals surface area (Å²) in [5.74, 6) is 4.11. The largest absolute Gasteiger partial charge is 0.306 e. The predicted molar refractivity (Wildman–Crippen MR) is 93.8 cm³/mol. The number of rotatable bonds is 1. The molecule has 0 aliphatic heterocycles. The number of nitrogens with zero attached hydrogens (tertiary/aromatic N) is 1. The lowest BCUT2D eigenvalue weighted by Gasteiger charge is -2.63. The molecule has 0 heterocycles. The first-order chi connectivity index (χ1) is 10.5. The Labute approximate surface area is 138 Å². The van der Waals surface area contributed by atoms with Crippen molar-refractivity contribution >= 4 is 0 Å². The van der Waals surface area contributed by atoms with Crippen molar-refractivity contribution in [3.05, 3.63) is 0 Å². The third-order valence-corrected chi connectivity index (χ3v) is 8.95. The Bertz CT molecular complexity index is 430. The standard InChI is InChI=1S/C21H37N/c1-20-12-7-9-17(20)16-11-10-15-8-5-6-13-21(15,2)19(16)18(14-20)22(3)4/h15-19H,5-14H2,1-4H3/t15-,16+,17+,18-,19-,20+,21+/m1/s1. The van der Waals surface area contributed by atoms with E-state index in [4.69, 9.17) is 0 Å². The molecule has 0 N–H and O–H groups in total. The van der Waals surface area contributed by atoms with Gasteiger partial charge in [-0.25, -0.2) is 0 Å². The molecule has 4 rings (SSSR count). The summed E-state index contributed by atoms with van der Waals surface area (Å²) >= 11 is 0. The van der Waals surface area contributed by atoms with Gasteiger partial charge in [0.15, 0.2) is 0 Å². The Morgan fingerprint density at radius 1 is 0.864 bits per heavy atom. The van der Waals surface area contributed by atoms with Crippen LogP contribution in [0.15, 0.2) is 0 Å². The molecule has 126 valence electrons. The zero-order chi connectivity index (χ0) is 15.5. The first-order valence-corrected chi connectivity index (χ1v) is 10.1. The molecule has 4 saturated carbocycles. The van der Waals surface area contributed by atoms with E-state index in [1.54, 1.807) is 19.3 Å². The van der Waals surface area contributed by atoms with Gasteiger partial charge in [-0.2, -0.15) is 0 Å². The molecule has 1 nitrogen and oxygen atoms in total. The normalized spacial score (nSPS) is 54.7. The van der Waals surface area contributed by atoms with Crippen LogP contribution in [0, 0.1) is 34.5 Å². The van der Waals surface area contributed by atoms with E-state index in [2.05, 4.69) is 32.8 Å². The van der Waals surface area contributed by atoms with Gasteiger partial charge in [-0.15, -0.1) is 0 Å². The number of hydrogen-bond acceptors (Lipinski definition) is 1. The Hall–Kier alpha value is -0.0400. The Morgan fingerprint density at radius 2 is 1.68 bits per heavy atom. The summed E-state index contributed by atoms with van der Waals surface area (Å²) in [5.41, 5.74) is 1.31. The van der Waals surface area contributed by atoms with Crippen LogP contribution >= 0.6 is 0 Å². The zero-order valence-corrected chi connectivity index (χ0v) is 15.4. The lowest BCUT2D eigenvalue weighted by Crippen LogP contribution is -2.60. The molecule has 0 spiro atoms. The fourth-order valence-electron chi connectivity index (χ4n) is 7.93. The summed E-state index contributed by atoms with van der Waals surface area (Å²) in [6, 6.07) is 0.843. The molecule has 0 saturated heterocycles. The fourth-order valence-corrected chi connectivity index (χ4v) is 7.93. The Kier molecular flexibility index (Phi) is 3.68. The molecule has 0 aromatic carbocycles. The quantitative estimate of drug-likeness (QED) is 0.631. The van der Waals surface area contributed by atoms with Gasteiger partial charge in [0.05, 0.1) is 0 Å². The zero-order valence-electron chi connectivity index (χ0n) is 15.4. The first kappa shape index (κ1) is 15.5. The molecule has 0 radical (unpaired) electrons. The molecule has 4 aliphatic rings. The fraction of sp³-hybridized carbons (Fsp3) is 1.00. The molecule has 4 aliphatic carbocycles. The summed E-state index contributed by atoms with van der Waals surface area (Å²) in [6.07, 6.45) is 15.2.